The van der Waals surface area contributed by atoms with E-state index in [0.717, 1.165) is 87.9 Å². The van der Waals surface area contributed by atoms with Crippen LogP contribution in [-0.4, -0.2) is 26.2 Å². The minimum Gasteiger partial charge on any atom is -0.260 e. The Morgan fingerprint density at radius 3 is 1.94 bits per heavy atom. The van der Waals surface area contributed by atoms with Gasteiger partial charge in [0.2, 0.25) is 0 Å². The van der Waals surface area contributed by atoms with Gasteiger partial charge >= 0.3 is 0 Å². The van der Waals surface area contributed by atoms with Crippen LogP contribution in [0.4, 0.5) is 5.69 Å². The summed E-state index contributed by atoms with van der Waals surface area (Å²) in [5, 5.41) is 1.13. The molecule has 0 amide bonds. The third-order valence-electron chi connectivity index (χ3n) is 10.0. The van der Waals surface area contributed by atoms with Crippen molar-refractivity contribution in [3.8, 4) is 45.0 Å². The Morgan fingerprint density at radius 2 is 1.20 bits per heavy atom. The molecule has 1 aliphatic heterocycles. The molecule has 240 valence electrons. The van der Waals surface area contributed by atoms with Gasteiger partial charge in [-0.2, -0.15) is 0 Å². The van der Waals surface area contributed by atoms with E-state index in [-0.39, 0.29) is 0 Å². The molecule has 0 radical (unpaired) electrons. The summed E-state index contributed by atoms with van der Waals surface area (Å²) in [6.07, 6.45) is 11.2. The Balaban J connectivity index is 1.09. The molecule has 2 aromatic heterocycles. The molecule has 3 heterocycles. The highest BCUT2D eigenvalue weighted by Crippen LogP contribution is 2.38. The molecule has 0 saturated heterocycles. The topological polar surface area (TPSA) is 63.9 Å². The van der Waals surface area contributed by atoms with E-state index in [1.807, 2.05) is 18.5 Å². The lowest BCUT2D eigenvalue weighted by atomic mass is 9.84. The second-order valence-electron chi connectivity index (χ2n) is 13.1. The van der Waals surface area contributed by atoms with Gasteiger partial charge < -0.3 is 0 Å². The number of aryl methyl sites for hydroxylation is 1. The highest BCUT2D eigenvalue weighted by molar-refractivity contribution is 5.93. The first-order chi connectivity index (χ1) is 24.8. The highest BCUT2D eigenvalue weighted by atomic mass is 15.0. The molecule has 9 rings (SSSR count). The number of fused-ring (bicyclic) bond motifs is 2. The molecule has 7 aromatic rings. The van der Waals surface area contributed by atoms with E-state index in [4.69, 9.17) is 19.9 Å². The average molecular weight is 646 g/mol. The molecule has 50 heavy (non-hydrogen) atoms. The lowest BCUT2D eigenvalue weighted by Crippen LogP contribution is -2.08. The van der Waals surface area contributed by atoms with Crippen LogP contribution >= 0.6 is 0 Å². The summed E-state index contributed by atoms with van der Waals surface area (Å²) in [4.78, 5) is 24.7. The van der Waals surface area contributed by atoms with Crippen LogP contribution in [0.15, 0.2) is 145 Å². The van der Waals surface area contributed by atoms with E-state index in [1.165, 1.54) is 16.7 Å². The van der Waals surface area contributed by atoms with Crippen LogP contribution in [-0.2, 0) is 6.42 Å². The maximum atomic E-state index is 5.10. The van der Waals surface area contributed by atoms with Gasteiger partial charge in [-0.05, 0) is 71.9 Å². The lowest BCUT2D eigenvalue weighted by Gasteiger charge is -2.22. The smallest absolute Gasteiger partial charge is 0.164 e. The number of nitrogens with zero attached hydrogens (tertiary/aromatic N) is 5. The van der Waals surface area contributed by atoms with E-state index in [2.05, 4.69) is 132 Å². The van der Waals surface area contributed by atoms with Crippen molar-refractivity contribution in [3.05, 3.63) is 157 Å². The first-order valence-electron chi connectivity index (χ1n) is 17.5. The van der Waals surface area contributed by atoms with Gasteiger partial charge in [0.15, 0.2) is 17.5 Å². The fourth-order valence-electron chi connectivity index (χ4n) is 7.33. The number of allylic oxidation sites excluding steroid dienone is 2. The summed E-state index contributed by atoms with van der Waals surface area (Å²) in [5.74, 6) is 2.62. The van der Waals surface area contributed by atoms with Crippen molar-refractivity contribution in [2.45, 2.75) is 38.0 Å². The van der Waals surface area contributed by atoms with E-state index in [0.29, 0.717) is 17.6 Å². The van der Waals surface area contributed by atoms with Crippen molar-refractivity contribution in [1.29, 1.82) is 0 Å². The number of aromatic nitrogens is 4. The van der Waals surface area contributed by atoms with Gasteiger partial charge in [-0.1, -0.05) is 127 Å². The van der Waals surface area contributed by atoms with Crippen LogP contribution in [0.1, 0.15) is 48.6 Å². The fourth-order valence-corrected chi connectivity index (χ4v) is 7.33. The molecular weight excluding hydrogens is 611 g/mol. The van der Waals surface area contributed by atoms with Gasteiger partial charge in [-0.3, -0.25) is 9.98 Å². The molecule has 1 unspecified atom stereocenters. The molecule has 5 nitrogen and oxygen atoms in total. The average Bonchev–Trinajstić information content (AvgIpc) is 3.21. The first-order valence-corrected chi connectivity index (χ1v) is 17.5. The summed E-state index contributed by atoms with van der Waals surface area (Å²) in [6, 6.07) is 44.8. The lowest BCUT2D eigenvalue weighted by molar-refractivity contribution is 0.623. The zero-order valence-electron chi connectivity index (χ0n) is 27.7. The molecule has 0 saturated carbocycles. The molecule has 0 bridgehead atoms. The predicted octanol–water partition coefficient (Wildman–Crippen LogP) is 11.1. The predicted molar refractivity (Wildman–Crippen MR) is 204 cm³/mol. The van der Waals surface area contributed by atoms with Crippen molar-refractivity contribution in [2.75, 3.05) is 0 Å². The van der Waals surface area contributed by atoms with Gasteiger partial charge in [0.05, 0.1) is 11.2 Å². The Hall–Kier alpha value is -6.07. The zero-order chi connectivity index (χ0) is 33.3. The van der Waals surface area contributed by atoms with Gasteiger partial charge in [-0.15, -0.1) is 0 Å². The van der Waals surface area contributed by atoms with Crippen LogP contribution in [0.5, 0.6) is 0 Å². The van der Waals surface area contributed by atoms with Gasteiger partial charge in [0, 0.05) is 40.1 Å². The van der Waals surface area contributed by atoms with E-state index in [9.17, 15) is 0 Å². The van der Waals surface area contributed by atoms with Crippen molar-refractivity contribution < 1.29 is 0 Å². The fraction of sp³-hybridized carbons (Fsp3) is 0.133. The van der Waals surface area contributed by atoms with Crippen molar-refractivity contribution in [1.82, 2.24) is 19.9 Å². The van der Waals surface area contributed by atoms with E-state index < -0.39 is 0 Å². The van der Waals surface area contributed by atoms with Crippen LogP contribution in [0.25, 0.3) is 61.5 Å². The molecule has 2 aliphatic rings. The van der Waals surface area contributed by atoms with E-state index >= 15 is 0 Å². The summed E-state index contributed by atoms with van der Waals surface area (Å²) in [7, 11) is 0. The van der Waals surface area contributed by atoms with Gasteiger partial charge in [0.1, 0.15) is 0 Å². The molecule has 5 heteroatoms. The second-order valence-corrected chi connectivity index (χ2v) is 13.1. The summed E-state index contributed by atoms with van der Waals surface area (Å²) in [6.45, 7) is 0. The first kappa shape index (κ1) is 30.0. The van der Waals surface area contributed by atoms with Crippen molar-refractivity contribution in [3.63, 3.8) is 0 Å². The molecule has 0 N–H and O–H groups in total. The second kappa shape index (κ2) is 13.1. The standard InChI is InChI=1S/C45H35N5/c1-2-8-30(9-3-1)31-16-22-36(23-17-31)43-48-44(37-24-18-32(19-25-37)39-14-4-10-34-12-6-28-46-41(34)39)50-45(49-43)38-26-20-33(21-27-38)40-15-5-11-35-13-7-29-47-42(35)40/h1-6,8-12,14-15,18-22,24-29,31H,7,13,16-17,23H2. The van der Waals surface area contributed by atoms with E-state index in [1.54, 1.807) is 0 Å². The number of aliphatic imine (C=N–C) groups is 1. The number of para-hydroxylation sites is 2. The minimum absolute atomic E-state index is 0.512. The number of benzene rings is 5. The number of rotatable bonds is 6. The SMILES string of the molecule is C1=Nc2c(cccc2-c2ccc(-c3nc(C4=CCC(c5ccccc5)CC4)nc(-c4ccc(-c5cccc6cccnc56)cc4)n3)cc2)CC1. The molecule has 0 fully saturated rings. The van der Waals surface area contributed by atoms with Crippen molar-refractivity contribution in [2.24, 2.45) is 4.99 Å². The largest absolute Gasteiger partial charge is 0.260 e. The number of hydrogen-bond donors (Lipinski definition) is 0. The maximum absolute atomic E-state index is 5.10. The van der Waals surface area contributed by atoms with Crippen LogP contribution in [0, 0.1) is 0 Å². The third kappa shape index (κ3) is 5.81. The molecular formula is C45H35N5. The van der Waals surface area contributed by atoms with Crippen LogP contribution in [0.3, 0.4) is 0 Å². The van der Waals surface area contributed by atoms with Crippen LogP contribution < -0.4 is 0 Å². The van der Waals surface area contributed by atoms with Gasteiger partial charge in [0.25, 0.3) is 0 Å². The van der Waals surface area contributed by atoms with Crippen molar-refractivity contribution >= 4 is 28.4 Å². The summed E-state index contributed by atoms with van der Waals surface area (Å²) >= 11 is 0. The Kier molecular flexibility index (Phi) is 7.86. The molecule has 1 aliphatic carbocycles. The zero-order valence-corrected chi connectivity index (χ0v) is 27.7. The minimum atomic E-state index is 0.512. The summed E-state index contributed by atoms with van der Waals surface area (Å²) < 4.78 is 0. The van der Waals surface area contributed by atoms with Gasteiger partial charge in [-0.25, -0.2) is 15.0 Å². The monoisotopic (exact) mass is 645 g/mol. The quantitative estimate of drug-likeness (QED) is 0.180. The molecule has 5 aromatic carbocycles. The Labute approximate surface area is 292 Å². The number of pyridine rings is 1. The maximum Gasteiger partial charge on any atom is 0.164 e. The summed E-state index contributed by atoms with van der Waals surface area (Å²) in [5.41, 5.74) is 12.4. The molecule has 1 atom stereocenters. The normalized spacial score (nSPS) is 15.4. The third-order valence-corrected chi connectivity index (χ3v) is 10.0. The highest BCUT2D eigenvalue weighted by Gasteiger charge is 2.21. The Morgan fingerprint density at radius 1 is 0.540 bits per heavy atom. The number of hydrogen-bond acceptors (Lipinski definition) is 5. The molecule has 0 spiro atoms. The Bertz CT molecular complexity index is 2390. The van der Waals surface area contributed by atoms with Crippen LogP contribution in [0.2, 0.25) is 0 Å².